The highest BCUT2D eigenvalue weighted by Crippen LogP contribution is 2.25. The molecule has 10 heteroatoms. The maximum absolute atomic E-state index is 12.6. The zero-order chi connectivity index (χ0) is 21.8. The van der Waals surface area contributed by atoms with Gasteiger partial charge in [-0.25, -0.2) is 14.8 Å². The number of esters is 1. The Labute approximate surface area is 181 Å². The molecule has 1 atom stereocenters. The minimum Gasteiger partial charge on any atom is -0.462 e. The standard InChI is InChI=1S/C21H19N5O4S/c1-2-30-19(29)12-7-9-13(10-8-12)22-18(28)15-11-17(27)25-20(23-15)26-21-24-14-5-3-4-6-16(14)31-21/h3-10,15H,2,11H2,1H3,(H,22,28)(H2,23,24,25,26,27)/t15-/m0/s1. The lowest BCUT2D eigenvalue weighted by atomic mass is 10.1. The molecule has 1 aliphatic heterocycles. The lowest BCUT2D eigenvalue weighted by Gasteiger charge is -2.20. The molecule has 0 saturated heterocycles. The van der Waals surface area contributed by atoms with E-state index in [2.05, 4.69) is 25.9 Å². The van der Waals surface area contributed by atoms with Crippen LogP contribution in [-0.2, 0) is 14.3 Å². The van der Waals surface area contributed by atoms with Gasteiger partial charge in [0.05, 0.1) is 28.8 Å². The Hall–Kier alpha value is -3.79. The number of ether oxygens (including phenoxy) is 1. The molecule has 31 heavy (non-hydrogen) atoms. The van der Waals surface area contributed by atoms with Crippen molar-refractivity contribution in [1.82, 2.24) is 10.3 Å². The van der Waals surface area contributed by atoms with Crippen molar-refractivity contribution >= 4 is 56.1 Å². The number of carbonyl (C=O) groups excluding carboxylic acids is 3. The molecule has 3 aromatic rings. The first-order chi connectivity index (χ1) is 15.0. The molecule has 158 valence electrons. The summed E-state index contributed by atoms with van der Waals surface area (Å²) in [6.07, 6.45) is -0.0717. The molecule has 4 rings (SSSR count). The zero-order valence-electron chi connectivity index (χ0n) is 16.5. The second kappa shape index (κ2) is 8.92. The third kappa shape index (κ3) is 4.86. The van der Waals surface area contributed by atoms with Gasteiger partial charge < -0.3 is 15.4 Å². The number of benzene rings is 2. The second-order valence-electron chi connectivity index (χ2n) is 6.64. The number of thiazole rings is 1. The number of anilines is 2. The molecule has 1 aliphatic rings. The molecule has 0 spiro atoms. The van der Waals surface area contributed by atoms with E-state index in [9.17, 15) is 14.4 Å². The van der Waals surface area contributed by atoms with Gasteiger partial charge in [-0.3, -0.25) is 14.9 Å². The van der Waals surface area contributed by atoms with Crippen LogP contribution in [0.2, 0.25) is 0 Å². The van der Waals surface area contributed by atoms with Crippen LogP contribution in [0, 0.1) is 0 Å². The van der Waals surface area contributed by atoms with E-state index in [0.717, 1.165) is 10.2 Å². The fourth-order valence-corrected chi connectivity index (χ4v) is 3.83. The maximum atomic E-state index is 12.6. The molecular weight excluding hydrogens is 418 g/mol. The molecule has 2 amide bonds. The second-order valence-corrected chi connectivity index (χ2v) is 7.68. The highest BCUT2D eigenvalue weighted by molar-refractivity contribution is 7.22. The van der Waals surface area contributed by atoms with Crippen LogP contribution < -0.4 is 16.0 Å². The number of para-hydroxylation sites is 1. The molecule has 2 heterocycles. The normalized spacial score (nSPS) is 15.7. The number of guanidine groups is 1. The Morgan fingerprint density at radius 3 is 2.71 bits per heavy atom. The molecule has 0 bridgehead atoms. The summed E-state index contributed by atoms with van der Waals surface area (Å²) in [6.45, 7) is 2.01. The fourth-order valence-electron chi connectivity index (χ4n) is 2.96. The van der Waals surface area contributed by atoms with Gasteiger partial charge in [0.2, 0.25) is 17.8 Å². The van der Waals surface area contributed by atoms with Crippen LogP contribution in [0.25, 0.3) is 10.2 Å². The Morgan fingerprint density at radius 2 is 1.97 bits per heavy atom. The smallest absolute Gasteiger partial charge is 0.338 e. The Bertz CT molecular complexity index is 1140. The van der Waals surface area contributed by atoms with E-state index in [1.54, 1.807) is 31.2 Å². The molecule has 0 saturated carbocycles. The predicted octanol–water partition coefficient (Wildman–Crippen LogP) is 2.77. The lowest BCUT2D eigenvalue weighted by Crippen LogP contribution is -2.45. The number of fused-ring (bicyclic) bond motifs is 1. The highest BCUT2D eigenvalue weighted by atomic mass is 32.1. The monoisotopic (exact) mass is 437 g/mol. The van der Waals surface area contributed by atoms with E-state index >= 15 is 0 Å². The van der Waals surface area contributed by atoms with Gasteiger partial charge in [-0.1, -0.05) is 23.5 Å². The molecule has 2 aromatic carbocycles. The van der Waals surface area contributed by atoms with Crippen molar-refractivity contribution in [2.24, 2.45) is 4.99 Å². The van der Waals surface area contributed by atoms with Gasteiger partial charge >= 0.3 is 5.97 Å². The van der Waals surface area contributed by atoms with Crippen molar-refractivity contribution in [3.63, 3.8) is 0 Å². The van der Waals surface area contributed by atoms with E-state index in [1.165, 1.54) is 11.3 Å². The van der Waals surface area contributed by atoms with Crippen molar-refractivity contribution in [2.45, 2.75) is 19.4 Å². The molecule has 1 aromatic heterocycles. The van der Waals surface area contributed by atoms with Gasteiger partial charge in [0.15, 0.2) is 5.13 Å². The fraction of sp³-hybridized carbons (Fsp3) is 0.190. The number of aromatic nitrogens is 1. The molecule has 0 aliphatic carbocycles. The van der Waals surface area contributed by atoms with E-state index in [4.69, 9.17) is 4.74 Å². The summed E-state index contributed by atoms with van der Waals surface area (Å²) in [7, 11) is 0. The van der Waals surface area contributed by atoms with Crippen LogP contribution in [0.4, 0.5) is 10.8 Å². The van der Waals surface area contributed by atoms with Crippen LogP contribution in [0.3, 0.4) is 0 Å². The Morgan fingerprint density at radius 1 is 1.19 bits per heavy atom. The SMILES string of the molecule is CCOC(=O)c1ccc(NC(=O)[C@@H]2CC(=O)NC(Nc3nc4ccccc4s3)=N2)cc1. The minimum absolute atomic E-state index is 0.0717. The van der Waals surface area contributed by atoms with Gasteiger partial charge in [0.25, 0.3) is 0 Å². The van der Waals surface area contributed by atoms with Crippen molar-refractivity contribution in [1.29, 1.82) is 0 Å². The number of hydrogen-bond donors (Lipinski definition) is 3. The Kier molecular flexibility index (Phi) is 5.89. The first-order valence-electron chi connectivity index (χ1n) is 9.60. The summed E-state index contributed by atoms with van der Waals surface area (Å²) in [5.74, 6) is -1.01. The van der Waals surface area contributed by atoms with Crippen LogP contribution in [0.15, 0.2) is 53.5 Å². The number of rotatable bonds is 5. The van der Waals surface area contributed by atoms with Crippen molar-refractivity contribution in [3.8, 4) is 0 Å². The van der Waals surface area contributed by atoms with Gasteiger partial charge in [-0.15, -0.1) is 0 Å². The molecule has 0 unspecified atom stereocenters. The number of carbonyl (C=O) groups is 3. The van der Waals surface area contributed by atoms with E-state index in [-0.39, 0.29) is 24.9 Å². The molecular formula is C21H19N5O4S. The van der Waals surface area contributed by atoms with Gasteiger partial charge in [-0.05, 0) is 43.3 Å². The van der Waals surface area contributed by atoms with Crippen molar-refractivity contribution in [2.75, 3.05) is 17.2 Å². The summed E-state index contributed by atoms with van der Waals surface area (Å²) in [6, 6.07) is 13.1. The van der Waals surface area contributed by atoms with Crippen LogP contribution >= 0.6 is 11.3 Å². The third-order valence-corrected chi connectivity index (χ3v) is 5.36. The molecule has 0 fully saturated rings. The van der Waals surface area contributed by atoms with E-state index in [1.807, 2.05) is 24.3 Å². The quantitative estimate of drug-likeness (QED) is 0.528. The van der Waals surface area contributed by atoms with Crippen LogP contribution in [-0.4, -0.2) is 41.4 Å². The van der Waals surface area contributed by atoms with Gasteiger partial charge in [0, 0.05) is 5.69 Å². The topological polar surface area (TPSA) is 122 Å². The lowest BCUT2D eigenvalue weighted by molar-refractivity contribution is -0.124. The third-order valence-electron chi connectivity index (χ3n) is 4.41. The van der Waals surface area contributed by atoms with Crippen LogP contribution in [0.5, 0.6) is 0 Å². The average molecular weight is 437 g/mol. The predicted molar refractivity (Wildman–Crippen MR) is 118 cm³/mol. The van der Waals surface area contributed by atoms with E-state index < -0.39 is 17.9 Å². The molecule has 3 N–H and O–H groups in total. The first kappa shape index (κ1) is 20.5. The minimum atomic E-state index is -0.893. The summed E-state index contributed by atoms with van der Waals surface area (Å²) >= 11 is 1.42. The van der Waals surface area contributed by atoms with Gasteiger partial charge in [0.1, 0.15) is 6.04 Å². The van der Waals surface area contributed by atoms with Gasteiger partial charge in [-0.2, -0.15) is 0 Å². The number of amides is 2. The summed E-state index contributed by atoms with van der Waals surface area (Å²) in [4.78, 5) is 45.2. The summed E-state index contributed by atoms with van der Waals surface area (Å²) < 4.78 is 5.93. The number of nitrogens with zero attached hydrogens (tertiary/aromatic N) is 2. The highest BCUT2D eigenvalue weighted by Gasteiger charge is 2.27. The summed E-state index contributed by atoms with van der Waals surface area (Å²) in [5.41, 5.74) is 1.70. The number of aliphatic imine (C=N–C) groups is 1. The zero-order valence-corrected chi connectivity index (χ0v) is 17.4. The van der Waals surface area contributed by atoms with Crippen molar-refractivity contribution in [3.05, 3.63) is 54.1 Å². The molecule has 9 nitrogen and oxygen atoms in total. The van der Waals surface area contributed by atoms with Crippen molar-refractivity contribution < 1.29 is 19.1 Å². The first-order valence-corrected chi connectivity index (χ1v) is 10.4. The van der Waals surface area contributed by atoms with Crippen LogP contribution in [0.1, 0.15) is 23.7 Å². The molecule has 0 radical (unpaired) electrons. The summed E-state index contributed by atoms with van der Waals surface area (Å²) in [5, 5.41) is 8.88. The Balaban J connectivity index is 1.44. The number of hydrogen-bond acceptors (Lipinski definition) is 8. The maximum Gasteiger partial charge on any atom is 0.338 e. The van der Waals surface area contributed by atoms with E-state index in [0.29, 0.717) is 16.4 Å². The largest absolute Gasteiger partial charge is 0.462 e. The average Bonchev–Trinajstić information content (AvgIpc) is 3.16. The number of nitrogens with one attached hydrogen (secondary N) is 3.